The van der Waals surface area contributed by atoms with Crippen molar-refractivity contribution in [3.63, 3.8) is 0 Å². The summed E-state index contributed by atoms with van der Waals surface area (Å²) in [6.07, 6.45) is 1.07. The van der Waals surface area contributed by atoms with Gasteiger partial charge in [-0.3, -0.25) is 9.17 Å². The summed E-state index contributed by atoms with van der Waals surface area (Å²) < 4.78 is 30.4. The Bertz CT molecular complexity index is 710. The largest absolute Gasteiger partial charge is 0.497 e. The molecule has 96 valence electrons. The Balaban J connectivity index is 2.63. The fourth-order valence-corrected chi connectivity index (χ4v) is 3.54. The van der Waals surface area contributed by atoms with E-state index in [9.17, 15) is 13.2 Å². The summed E-state index contributed by atoms with van der Waals surface area (Å²) in [4.78, 5) is 11.7. The van der Waals surface area contributed by atoms with Crippen LogP contribution in [0.25, 0.3) is 11.1 Å². The third kappa shape index (κ3) is 2.32. The second kappa shape index (κ2) is 4.58. The first kappa shape index (κ1) is 12.8. The zero-order valence-electron chi connectivity index (χ0n) is 9.76. The number of nitrogens with one attached hydrogen (secondary N) is 1. The predicted octanol–water partition coefficient (Wildman–Crippen LogP) is 1.52. The molecule has 0 unspecified atom stereocenters. The van der Waals surface area contributed by atoms with Crippen molar-refractivity contribution in [2.45, 2.75) is 5.03 Å². The molecule has 1 N–H and O–H groups in total. The molecule has 0 saturated heterocycles. The van der Waals surface area contributed by atoms with Crippen molar-refractivity contribution in [2.75, 3.05) is 13.4 Å². The average Bonchev–Trinajstić information content (AvgIpc) is 2.71. The first-order valence-electron chi connectivity index (χ1n) is 4.99. The van der Waals surface area contributed by atoms with E-state index in [-0.39, 0.29) is 15.3 Å². The van der Waals surface area contributed by atoms with Crippen molar-refractivity contribution in [1.29, 1.82) is 0 Å². The van der Waals surface area contributed by atoms with Gasteiger partial charge in [-0.05, 0) is 29.2 Å². The van der Waals surface area contributed by atoms with Gasteiger partial charge in [0.2, 0.25) is 0 Å². The maximum atomic E-state index is 11.7. The number of ether oxygens (including phenoxy) is 1. The van der Waals surface area contributed by atoms with Gasteiger partial charge < -0.3 is 4.74 Å². The molecule has 7 heteroatoms. The molecule has 0 spiro atoms. The van der Waals surface area contributed by atoms with Crippen molar-refractivity contribution in [1.82, 2.24) is 4.37 Å². The fourth-order valence-electron chi connectivity index (χ4n) is 1.56. The minimum Gasteiger partial charge on any atom is -0.497 e. The number of methoxy groups -OCH3 is 1. The Morgan fingerprint density at radius 3 is 2.33 bits per heavy atom. The summed E-state index contributed by atoms with van der Waals surface area (Å²) in [5.74, 6) is 0.645. The molecule has 1 heterocycles. The van der Waals surface area contributed by atoms with Crippen molar-refractivity contribution in [3.05, 3.63) is 33.8 Å². The van der Waals surface area contributed by atoms with E-state index in [2.05, 4.69) is 4.37 Å². The number of hydrogen-bond acceptors (Lipinski definition) is 5. The Morgan fingerprint density at radius 2 is 1.83 bits per heavy atom. The second-order valence-corrected chi connectivity index (χ2v) is 6.43. The van der Waals surface area contributed by atoms with Crippen LogP contribution in [-0.2, 0) is 9.84 Å². The van der Waals surface area contributed by atoms with E-state index in [4.69, 9.17) is 4.74 Å². The summed E-state index contributed by atoms with van der Waals surface area (Å²) >= 11 is 0.772. The molecule has 5 nitrogen and oxygen atoms in total. The Morgan fingerprint density at radius 1 is 1.22 bits per heavy atom. The summed E-state index contributed by atoms with van der Waals surface area (Å²) in [5, 5.41) is -0.0392. The number of aromatic nitrogens is 1. The molecule has 0 aliphatic carbocycles. The lowest BCUT2D eigenvalue weighted by molar-refractivity contribution is 0.415. The molecule has 2 rings (SSSR count). The van der Waals surface area contributed by atoms with Crippen LogP contribution in [0.5, 0.6) is 5.75 Å². The number of sulfone groups is 1. The third-order valence-corrected chi connectivity index (χ3v) is 4.29. The van der Waals surface area contributed by atoms with Crippen molar-refractivity contribution >= 4 is 21.4 Å². The van der Waals surface area contributed by atoms with Crippen LogP contribution in [0.2, 0.25) is 0 Å². The summed E-state index contributed by atoms with van der Waals surface area (Å²) in [6, 6.07) is 6.67. The Hall–Kier alpha value is -1.60. The average molecular weight is 285 g/mol. The number of H-pyrrole nitrogens is 1. The van der Waals surface area contributed by atoms with Gasteiger partial charge in [-0.25, -0.2) is 8.42 Å². The molecule has 2 aromatic rings. The van der Waals surface area contributed by atoms with Crippen LogP contribution in [0.3, 0.4) is 0 Å². The quantitative estimate of drug-likeness (QED) is 0.927. The lowest BCUT2D eigenvalue weighted by atomic mass is 10.1. The molecule has 0 bridgehead atoms. The molecule has 18 heavy (non-hydrogen) atoms. The van der Waals surface area contributed by atoms with Gasteiger partial charge in [0.25, 0.3) is 4.74 Å². The molecule has 0 aliphatic rings. The highest BCUT2D eigenvalue weighted by molar-refractivity contribution is 7.90. The van der Waals surface area contributed by atoms with E-state index in [0.29, 0.717) is 11.3 Å². The summed E-state index contributed by atoms with van der Waals surface area (Å²) in [5.41, 5.74) is 0.740. The van der Waals surface area contributed by atoms with Crippen LogP contribution in [0.15, 0.2) is 34.1 Å². The highest BCUT2D eigenvalue weighted by Gasteiger charge is 2.20. The molecule has 0 atom stereocenters. The van der Waals surface area contributed by atoms with E-state index in [0.717, 1.165) is 17.8 Å². The van der Waals surface area contributed by atoms with Gasteiger partial charge in [-0.1, -0.05) is 12.1 Å². The SMILES string of the molecule is COc1ccc(-c2c(S(C)(=O)=O)[nH]sc2=O)cc1. The second-order valence-electron chi connectivity index (χ2n) is 3.70. The van der Waals surface area contributed by atoms with Gasteiger partial charge in [0.1, 0.15) is 5.75 Å². The van der Waals surface area contributed by atoms with E-state index in [1.54, 1.807) is 24.3 Å². The standard InChI is InChI=1S/C11H11NO4S2/c1-16-8-5-3-7(4-6-8)9-10(18(2,14)15)12-17-11(9)13/h3-6,12H,1-2H3. The first-order valence-corrected chi connectivity index (χ1v) is 7.70. The maximum absolute atomic E-state index is 11.7. The zero-order chi connectivity index (χ0) is 13.3. The normalized spacial score (nSPS) is 11.4. The smallest absolute Gasteiger partial charge is 0.258 e. The van der Waals surface area contributed by atoms with E-state index < -0.39 is 9.84 Å². The van der Waals surface area contributed by atoms with Crippen LogP contribution < -0.4 is 9.48 Å². The molecule has 0 radical (unpaired) electrons. The van der Waals surface area contributed by atoms with Gasteiger partial charge in [-0.15, -0.1) is 0 Å². The van der Waals surface area contributed by atoms with Gasteiger partial charge in [-0.2, -0.15) is 0 Å². The lowest BCUT2D eigenvalue weighted by Gasteiger charge is -2.03. The van der Waals surface area contributed by atoms with Crippen LogP contribution >= 0.6 is 11.5 Å². The summed E-state index contributed by atoms with van der Waals surface area (Å²) in [6.45, 7) is 0. The van der Waals surface area contributed by atoms with Gasteiger partial charge >= 0.3 is 0 Å². The van der Waals surface area contributed by atoms with Gasteiger partial charge in [0.15, 0.2) is 14.9 Å². The molecule has 0 amide bonds. The van der Waals surface area contributed by atoms with Crippen molar-refractivity contribution < 1.29 is 13.2 Å². The topological polar surface area (TPSA) is 76.2 Å². The van der Waals surface area contributed by atoms with Crippen molar-refractivity contribution in [3.8, 4) is 16.9 Å². The van der Waals surface area contributed by atoms with E-state index in [1.165, 1.54) is 7.11 Å². The lowest BCUT2D eigenvalue weighted by Crippen LogP contribution is -2.03. The predicted molar refractivity (Wildman–Crippen MR) is 70.0 cm³/mol. The monoisotopic (exact) mass is 285 g/mol. The van der Waals surface area contributed by atoms with E-state index >= 15 is 0 Å². The maximum Gasteiger partial charge on any atom is 0.258 e. The Kier molecular flexibility index (Phi) is 3.27. The number of rotatable bonds is 3. The van der Waals surface area contributed by atoms with Gasteiger partial charge in [0.05, 0.1) is 12.7 Å². The van der Waals surface area contributed by atoms with Crippen LogP contribution in [0, 0.1) is 0 Å². The number of hydrogen-bond donors (Lipinski definition) is 1. The van der Waals surface area contributed by atoms with Gasteiger partial charge in [0, 0.05) is 6.26 Å². The molecular formula is C11H11NO4S2. The molecule has 1 aromatic heterocycles. The molecule has 0 saturated carbocycles. The fraction of sp³-hybridized carbons (Fsp3) is 0.182. The number of benzene rings is 1. The third-order valence-electron chi connectivity index (χ3n) is 2.42. The number of aromatic amines is 1. The Labute approximate surface area is 108 Å². The summed E-state index contributed by atoms with van der Waals surface area (Å²) in [7, 11) is -1.92. The first-order chi connectivity index (χ1) is 8.43. The van der Waals surface area contributed by atoms with E-state index in [1.807, 2.05) is 0 Å². The highest BCUT2D eigenvalue weighted by Crippen LogP contribution is 2.25. The minimum absolute atomic E-state index is 0.0392. The van der Waals surface area contributed by atoms with Crippen LogP contribution in [0.4, 0.5) is 0 Å². The zero-order valence-corrected chi connectivity index (χ0v) is 11.4. The molecule has 0 aliphatic heterocycles. The highest BCUT2D eigenvalue weighted by atomic mass is 32.2. The van der Waals surface area contributed by atoms with Crippen LogP contribution in [0.1, 0.15) is 0 Å². The van der Waals surface area contributed by atoms with Crippen molar-refractivity contribution in [2.24, 2.45) is 0 Å². The molecule has 0 fully saturated rings. The molecule has 1 aromatic carbocycles. The van der Waals surface area contributed by atoms with Crippen LogP contribution in [-0.4, -0.2) is 26.2 Å². The molecular weight excluding hydrogens is 274 g/mol. The minimum atomic E-state index is -3.45.